The highest BCUT2D eigenvalue weighted by Crippen LogP contribution is 2.54. The second kappa shape index (κ2) is 5.81. The van der Waals surface area contributed by atoms with Crippen molar-refractivity contribution in [2.24, 2.45) is 7.05 Å². The molecule has 1 aromatic heterocycles. The van der Waals surface area contributed by atoms with Gasteiger partial charge in [0.05, 0.1) is 5.56 Å². The van der Waals surface area contributed by atoms with Crippen molar-refractivity contribution in [3.8, 4) is 22.4 Å². The second-order valence-electron chi connectivity index (χ2n) is 8.43. The summed E-state index contributed by atoms with van der Waals surface area (Å²) in [5.41, 5.74) is 11.3. The van der Waals surface area contributed by atoms with E-state index in [-0.39, 0.29) is 5.41 Å². The second-order valence-corrected chi connectivity index (χ2v) is 8.43. The van der Waals surface area contributed by atoms with E-state index in [4.69, 9.17) is 0 Å². The Kier molecular flexibility index (Phi) is 3.80. The fourth-order valence-corrected chi connectivity index (χ4v) is 4.74. The SMILES string of the molecule is Cc1cc(C(C)C)c2c(c1-c1cccc[n+]1C)-c1ccccc1C2(C)C. The molecule has 0 saturated carbocycles. The summed E-state index contributed by atoms with van der Waals surface area (Å²) >= 11 is 0. The van der Waals surface area contributed by atoms with E-state index in [1.165, 1.54) is 44.6 Å². The average Bonchev–Trinajstić information content (AvgIpc) is 2.84. The Morgan fingerprint density at radius 2 is 1.62 bits per heavy atom. The van der Waals surface area contributed by atoms with Gasteiger partial charge in [-0.25, -0.2) is 4.57 Å². The molecule has 4 rings (SSSR count). The number of nitrogens with zero attached hydrogens (tertiary/aromatic N) is 1. The molecule has 0 radical (unpaired) electrons. The molecule has 1 heteroatoms. The maximum absolute atomic E-state index is 2.43. The van der Waals surface area contributed by atoms with E-state index in [0.29, 0.717) is 5.92 Å². The lowest BCUT2D eigenvalue weighted by atomic mass is 9.76. The molecule has 26 heavy (non-hydrogen) atoms. The van der Waals surface area contributed by atoms with Gasteiger partial charge in [-0.3, -0.25) is 0 Å². The van der Waals surface area contributed by atoms with Crippen molar-refractivity contribution >= 4 is 0 Å². The minimum absolute atomic E-state index is 0.0291. The molecule has 0 aliphatic heterocycles. The monoisotopic (exact) mass is 342 g/mol. The molecule has 0 bridgehead atoms. The number of aryl methyl sites for hydroxylation is 2. The third-order valence-corrected chi connectivity index (χ3v) is 5.98. The lowest BCUT2D eigenvalue weighted by Crippen LogP contribution is -2.30. The molecule has 0 atom stereocenters. The van der Waals surface area contributed by atoms with Crippen LogP contribution in [0.25, 0.3) is 22.4 Å². The zero-order valence-corrected chi connectivity index (χ0v) is 16.7. The van der Waals surface area contributed by atoms with Gasteiger partial charge in [-0.2, -0.15) is 0 Å². The Labute approximate surface area is 157 Å². The highest BCUT2D eigenvalue weighted by Gasteiger charge is 2.40. The smallest absolute Gasteiger partial charge is 0.201 e. The standard InChI is InChI=1S/C25H28N/c1-16(2)19-15-17(3)22(21-13-9-10-14-26(21)6)23-18-11-7-8-12-20(18)25(4,5)24(19)23/h7-16H,1-6H3/q+1. The number of pyridine rings is 1. The molecule has 0 spiro atoms. The summed E-state index contributed by atoms with van der Waals surface area (Å²) in [6.45, 7) is 11.7. The molecule has 1 aliphatic rings. The number of benzene rings is 2. The van der Waals surface area contributed by atoms with E-state index in [9.17, 15) is 0 Å². The molecule has 0 N–H and O–H groups in total. The van der Waals surface area contributed by atoms with Gasteiger partial charge in [0.1, 0.15) is 7.05 Å². The Bertz CT molecular complexity index is 1010. The van der Waals surface area contributed by atoms with Crippen LogP contribution in [-0.4, -0.2) is 0 Å². The van der Waals surface area contributed by atoms with Crippen molar-refractivity contribution in [1.82, 2.24) is 0 Å². The number of rotatable bonds is 2. The van der Waals surface area contributed by atoms with Crippen molar-refractivity contribution in [1.29, 1.82) is 0 Å². The fourth-order valence-electron chi connectivity index (χ4n) is 4.74. The van der Waals surface area contributed by atoms with Crippen LogP contribution < -0.4 is 4.57 Å². The molecule has 0 amide bonds. The molecule has 0 saturated heterocycles. The zero-order chi connectivity index (χ0) is 18.6. The molecule has 132 valence electrons. The number of fused-ring (bicyclic) bond motifs is 3. The van der Waals surface area contributed by atoms with Gasteiger partial charge in [0, 0.05) is 23.1 Å². The first-order valence-corrected chi connectivity index (χ1v) is 9.57. The van der Waals surface area contributed by atoms with E-state index in [1.54, 1.807) is 0 Å². The van der Waals surface area contributed by atoms with Crippen LogP contribution in [0.2, 0.25) is 0 Å². The highest BCUT2D eigenvalue weighted by molar-refractivity contribution is 5.93. The predicted octanol–water partition coefficient (Wildman–Crippen LogP) is 5.92. The quantitative estimate of drug-likeness (QED) is 0.509. The topological polar surface area (TPSA) is 3.88 Å². The van der Waals surface area contributed by atoms with Gasteiger partial charge in [-0.1, -0.05) is 58.0 Å². The summed E-state index contributed by atoms with van der Waals surface area (Å²) in [6.07, 6.45) is 2.14. The van der Waals surface area contributed by atoms with Crippen LogP contribution in [0.1, 0.15) is 55.9 Å². The van der Waals surface area contributed by atoms with Crippen LogP contribution in [-0.2, 0) is 12.5 Å². The Morgan fingerprint density at radius 3 is 2.31 bits per heavy atom. The maximum Gasteiger partial charge on any atom is 0.213 e. The number of hydrogen-bond donors (Lipinski definition) is 0. The zero-order valence-electron chi connectivity index (χ0n) is 16.7. The third kappa shape index (κ3) is 2.26. The first-order valence-electron chi connectivity index (χ1n) is 9.57. The number of hydrogen-bond acceptors (Lipinski definition) is 0. The van der Waals surface area contributed by atoms with Crippen molar-refractivity contribution in [2.75, 3.05) is 0 Å². The Morgan fingerprint density at radius 1 is 0.923 bits per heavy atom. The summed E-state index contributed by atoms with van der Waals surface area (Å²) in [6, 6.07) is 17.9. The van der Waals surface area contributed by atoms with Crippen LogP contribution in [0, 0.1) is 6.92 Å². The summed E-state index contributed by atoms with van der Waals surface area (Å²) in [4.78, 5) is 0. The summed E-state index contributed by atoms with van der Waals surface area (Å²) in [5.74, 6) is 0.509. The molecule has 1 nitrogen and oxygen atoms in total. The van der Waals surface area contributed by atoms with Crippen molar-refractivity contribution in [3.05, 3.63) is 77.0 Å². The molecule has 1 heterocycles. The average molecular weight is 343 g/mol. The van der Waals surface area contributed by atoms with Crippen molar-refractivity contribution in [3.63, 3.8) is 0 Å². The molecule has 2 aromatic carbocycles. The Hall–Kier alpha value is -2.41. The number of aromatic nitrogens is 1. The van der Waals surface area contributed by atoms with Gasteiger partial charge < -0.3 is 0 Å². The van der Waals surface area contributed by atoms with E-state index >= 15 is 0 Å². The molecule has 0 fully saturated rings. The van der Waals surface area contributed by atoms with E-state index in [2.05, 4.69) is 101 Å². The van der Waals surface area contributed by atoms with Gasteiger partial charge in [0.15, 0.2) is 6.20 Å². The third-order valence-electron chi connectivity index (χ3n) is 5.98. The minimum Gasteiger partial charge on any atom is -0.201 e. The van der Waals surface area contributed by atoms with E-state index in [0.717, 1.165) is 0 Å². The molecular weight excluding hydrogens is 314 g/mol. The van der Waals surface area contributed by atoms with Crippen molar-refractivity contribution in [2.45, 2.75) is 46.0 Å². The first-order chi connectivity index (χ1) is 12.3. The van der Waals surface area contributed by atoms with Crippen LogP contribution in [0.3, 0.4) is 0 Å². The first kappa shape index (κ1) is 17.0. The van der Waals surface area contributed by atoms with Crippen LogP contribution in [0.4, 0.5) is 0 Å². The highest BCUT2D eigenvalue weighted by atomic mass is 14.9. The van der Waals surface area contributed by atoms with Gasteiger partial charge in [-0.05, 0) is 46.7 Å². The predicted molar refractivity (Wildman–Crippen MR) is 109 cm³/mol. The maximum atomic E-state index is 2.43. The molecule has 3 aromatic rings. The van der Waals surface area contributed by atoms with Gasteiger partial charge in [-0.15, -0.1) is 0 Å². The fraction of sp³-hybridized carbons (Fsp3) is 0.320. The molecule has 1 aliphatic carbocycles. The van der Waals surface area contributed by atoms with Crippen molar-refractivity contribution < 1.29 is 4.57 Å². The Balaban J connectivity index is 2.20. The van der Waals surface area contributed by atoms with E-state index < -0.39 is 0 Å². The van der Waals surface area contributed by atoms with Crippen LogP contribution in [0.15, 0.2) is 54.7 Å². The summed E-state index contributed by atoms with van der Waals surface area (Å²) in [5, 5.41) is 0. The largest absolute Gasteiger partial charge is 0.213 e. The lowest BCUT2D eigenvalue weighted by Gasteiger charge is -2.27. The molecular formula is C25H28N+. The van der Waals surface area contributed by atoms with Crippen LogP contribution >= 0.6 is 0 Å². The summed E-state index contributed by atoms with van der Waals surface area (Å²) in [7, 11) is 2.14. The summed E-state index contributed by atoms with van der Waals surface area (Å²) < 4.78 is 2.24. The normalized spacial score (nSPS) is 14.4. The van der Waals surface area contributed by atoms with Gasteiger partial charge >= 0.3 is 0 Å². The molecule has 0 unspecified atom stereocenters. The van der Waals surface area contributed by atoms with E-state index in [1.807, 2.05) is 0 Å². The van der Waals surface area contributed by atoms with Crippen LogP contribution in [0.5, 0.6) is 0 Å². The van der Waals surface area contributed by atoms with Gasteiger partial charge in [0.2, 0.25) is 5.69 Å². The minimum atomic E-state index is 0.0291. The van der Waals surface area contributed by atoms with Gasteiger partial charge in [0.25, 0.3) is 0 Å². The lowest BCUT2D eigenvalue weighted by molar-refractivity contribution is -0.660.